The molecule has 1 aromatic carbocycles. The van der Waals surface area contributed by atoms with Gasteiger partial charge in [-0.2, -0.15) is 4.72 Å². The van der Waals surface area contributed by atoms with Gasteiger partial charge in [0.05, 0.1) is 15.6 Å². The Bertz CT molecular complexity index is 972. The van der Waals surface area contributed by atoms with Gasteiger partial charge < -0.3 is 10.4 Å². The van der Waals surface area contributed by atoms with E-state index in [1.54, 1.807) is 13.0 Å². The van der Waals surface area contributed by atoms with Crippen molar-refractivity contribution in [1.29, 1.82) is 0 Å². The van der Waals surface area contributed by atoms with E-state index in [0.29, 0.717) is 21.3 Å². The van der Waals surface area contributed by atoms with Crippen LogP contribution in [0.3, 0.4) is 0 Å². The molecule has 0 saturated carbocycles. The number of aryl methyl sites for hydroxylation is 1. The van der Waals surface area contributed by atoms with Gasteiger partial charge in [0.1, 0.15) is 10.9 Å². The Balaban J connectivity index is 2.46. The normalized spacial score (nSPS) is 12.6. The van der Waals surface area contributed by atoms with Gasteiger partial charge in [-0.15, -0.1) is 0 Å². The molecule has 0 aliphatic carbocycles. The number of thiazole rings is 1. The molecule has 1 atom stereocenters. The maximum atomic E-state index is 12.5. The summed E-state index contributed by atoms with van der Waals surface area (Å²) in [5.74, 6) is -1.57. The number of hydrogen-bond acceptors (Lipinski definition) is 6. The Morgan fingerprint density at radius 3 is 2.58 bits per heavy atom. The zero-order valence-electron chi connectivity index (χ0n) is 14.0. The summed E-state index contributed by atoms with van der Waals surface area (Å²) in [5.41, 5.74) is 1.14. The Morgan fingerprint density at radius 2 is 2.00 bits per heavy atom. The van der Waals surface area contributed by atoms with Crippen molar-refractivity contribution in [3.63, 3.8) is 0 Å². The second-order valence-corrected chi connectivity index (χ2v) is 8.53. The van der Waals surface area contributed by atoms with Gasteiger partial charge in [0.15, 0.2) is 5.13 Å². The fourth-order valence-corrected chi connectivity index (χ4v) is 4.80. The lowest BCUT2D eigenvalue weighted by atomic mass is 10.2. The highest BCUT2D eigenvalue weighted by Gasteiger charge is 2.25. The summed E-state index contributed by atoms with van der Waals surface area (Å²) in [6, 6.07) is 3.07. The molecule has 2 rings (SSSR count). The van der Waals surface area contributed by atoms with Crippen molar-refractivity contribution < 1.29 is 23.1 Å². The van der Waals surface area contributed by atoms with Crippen LogP contribution >= 0.6 is 22.9 Å². The number of hydrogen-bond donors (Lipinski definition) is 3. The van der Waals surface area contributed by atoms with Crippen LogP contribution in [-0.2, 0) is 19.6 Å². The molecule has 0 aliphatic heterocycles. The molecule has 1 heterocycles. The molecule has 8 nitrogen and oxygen atoms in total. The lowest BCUT2D eigenvalue weighted by Gasteiger charge is -2.12. The van der Waals surface area contributed by atoms with E-state index >= 15 is 0 Å². The van der Waals surface area contributed by atoms with Gasteiger partial charge in [-0.25, -0.2) is 13.4 Å². The first-order valence-corrected chi connectivity index (χ1v) is 9.99. The van der Waals surface area contributed by atoms with Crippen molar-refractivity contribution in [2.75, 3.05) is 5.32 Å². The molecule has 0 aliphatic rings. The lowest BCUT2D eigenvalue weighted by molar-refractivity contribution is -0.138. The zero-order chi connectivity index (χ0) is 19.6. The van der Waals surface area contributed by atoms with E-state index in [4.69, 9.17) is 16.7 Å². The van der Waals surface area contributed by atoms with E-state index < -0.39 is 22.0 Å². The summed E-state index contributed by atoms with van der Waals surface area (Å²) >= 11 is 7.20. The number of halogens is 1. The number of amides is 1. The molecular weight excluding hydrogens is 402 g/mol. The topological polar surface area (TPSA) is 125 Å². The molecule has 0 saturated heterocycles. The monoisotopic (exact) mass is 417 g/mol. The van der Waals surface area contributed by atoms with E-state index in [9.17, 15) is 18.0 Å². The Hall–Kier alpha value is -2.01. The largest absolute Gasteiger partial charge is 0.480 e. The van der Waals surface area contributed by atoms with E-state index in [-0.39, 0.29) is 15.8 Å². The minimum atomic E-state index is -4.14. The zero-order valence-corrected chi connectivity index (χ0v) is 16.4. The minimum Gasteiger partial charge on any atom is -0.480 e. The van der Waals surface area contributed by atoms with Crippen LogP contribution in [0.25, 0.3) is 10.4 Å². The molecule has 0 spiro atoms. The predicted octanol–water partition coefficient (Wildman–Crippen LogP) is 2.48. The number of carbonyl (C=O) groups is 2. The summed E-state index contributed by atoms with van der Waals surface area (Å²) in [7, 11) is -4.14. The molecule has 26 heavy (non-hydrogen) atoms. The second-order valence-electron chi connectivity index (χ2n) is 5.44. The molecule has 3 N–H and O–H groups in total. The van der Waals surface area contributed by atoms with Gasteiger partial charge >= 0.3 is 5.97 Å². The van der Waals surface area contributed by atoms with E-state index in [0.717, 1.165) is 0 Å². The maximum absolute atomic E-state index is 12.5. The van der Waals surface area contributed by atoms with Crippen LogP contribution in [0.2, 0.25) is 5.02 Å². The molecule has 1 amide bonds. The maximum Gasteiger partial charge on any atom is 0.321 e. The number of rotatable bonds is 6. The Kier molecular flexibility index (Phi) is 6.02. The quantitative estimate of drug-likeness (QED) is 0.662. The highest BCUT2D eigenvalue weighted by molar-refractivity contribution is 7.89. The van der Waals surface area contributed by atoms with E-state index in [1.807, 2.05) is 0 Å². The summed E-state index contributed by atoms with van der Waals surface area (Å²) in [6.07, 6.45) is 0. The van der Waals surface area contributed by atoms with Crippen molar-refractivity contribution in [3.05, 3.63) is 28.9 Å². The van der Waals surface area contributed by atoms with Crippen LogP contribution in [-0.4, -0.2) is 36.4 Å². The smallest absolute Gasteiger partial charge is 0.321 e. The van der Waals surface area contributed by atoms with Crippen LogP contribution in [0, 0.1) is 6.92 Å². The van der Waals surface area contributed by atoms with E-state index in [1.165, 1.54) is 37.3 Å². The van der Waals surface area contributed by atoms with Crippen molar-refractivity contribution in [3.8, 4) is 10.4 Å². The molecule has 1 aromatic heterocycles. The van der Waals surface area contributed by atoms with Crippen molar-refractivity contribution in [2.24, 2.45) is 0 Å². The minimum absolute atomic E-state index is 0.0388. The number of benzene rings is 1. The third-order valence-electron chi connectivity index (χ3n) is 3.26. The van der Waals surface area contributed by atoms with E-state index in [2.05, 4.69) is 15.0 Å². The number of sulfonamides is 1. The van der Waals surface area contributed by atoms with Gasteiger partial charge in [0.2, 0.25) is 15.9 Å². The molecule has 0 unspecified atom stereocenters. The average Bonchev–Trinajstić information content (AvgIpc) is 2.86. The number of anilines is 1. The van der Waals surface area contributed by atoms with Crippen LogP contribution in [0.4, 0.5) is 5.13 Å². The number of nitrogens with one attached hydrogen (secondary N) is 2. The highest BCUT2D eigenvalue weighted by Crippen LogP contribution is 2.35. The van der Waals surface area contributed by atoms with Gasteiger partial charge in [-0.1, -0.05) is 29.0 Å². The number of aromatic nitrogens is 1. The van der Waals surface area contributed by atoms with Crippen molar-refractivity contribution in [2.45, 2.75) is 31.7 Å². The molecule has 2 aromatic rings. The van der Waals surface area contributed by atoms with Gasteiger partial charge in [-0.3, -0.25) is 9.59 Å². The Labute approximate surface area is 159 Å². The van der Waals surface area contributed by atoms with Gasteiger partial charge in [-0.05, 0) is 31.5 Å². The van der Waals surface area contributed by atoms with Crippen LogP contribution < -0.4 is 10.0 Å². The number of aliphatic carboxylic acids is 1. The molecule has 11 heteroatoms. The predicted molar refractivity (Wildman–Crippen MR) is 99.0 cm³/mol. The van der Waals surface area contributed by atoms with Crippen LogP contribution in [0.5, 0.6) is 0 Å². The summed E-state index contributed by atoms with van der Waals surface area (Å²) in [6.45, 7) is 4.30. The number of carboxylic acids is 1. The third kappa shape index (κ3) is 4.58. The number of nitrogens with zero attached hydrogens (tertiary/aromatic N) is 1. The number of carboxylic acid groups (broad SMARTS) is 1. The molecule has 0 radical (unpaired) electrons. The van der Waals surface area contributed by atoms with Crippen molar-refractivity contribution >= 4 is 50.0 Å². The second kappa shape index (κ2) is 7.70. The molecular formula is C15H16ClN3O5S2. The average molecular weight is 418 g/mol. The highest BCUT2D eigenvalue weighted by atomic mass is 35.5. The SMILES string of the molecule is CC(=O)Nc1nc(C)c(-c2ccc(Cl)c(S(=O)(=O)N[C@@H](C)C(=O)O)c2)s1. The van der Waals surface area contributed by atoms with Gasteiger partial charge in [0.25, 0.3) is 0 Å². The van der Waals surface area contributed by atoms with Crippen molar-refractivity contribution in [1.82, 2.24) is 9.71 Å². The molecule has 140 valence electrons. The third-order valence-corrected chi connectivity index (χ3v) is 6.41. The molecule has 0 bridgehead atoms. The van der Waals surface area contributed by atoms with Crippen LogP contribution in [0.1, 0.15) is 19.5 Å². The first-order valence-electron chi connectivity index (χ1n) is 7.31. The van der Waals surface area contributed by atoms with Gasteiger partial charge in [0, 0.05) is 6.92 Å². The summed E-state index contributed by atoms with van der Waals surface area (Å²) in [4.78, 5) is 26.7. The lowest BCUT2D eigenvalue weighted by Crippen LogP contribution is -2.38. The first-order chi connectivity index (χ1) is 12.0. The molecule has 0 fully saturated rings. The number of carbonyl (C=O) groups excluding carboxylic acids is 1. The summed E-state index contributed by atoms with van der Waals surface area (Å²) in [5, 5.41) is 11.8. The Morgan fingerprint density at radius 1 is 1.35 bits per heavy atom. The standard InChI is InChI=1S/C15H16ClN3O5S2/c1-7-13(25-15(17-7)18-9(3)20)10-4-5-11(16)12(6-10)26(23,24)19-8(2)14(21)22/h4-6,8,19H,1-3H3,(H,21,22)(H,17,18,20)/t8-/m0/s1. The summed E-state index contributed by atoms with van der Waals surface area (Å²) < 4.78 is 27.0. The first kappa shape index (κ1) is 20.3. The van der Waals surface area contributed by atoms with Crippen LogP contribution in [0.15, 0.2) is 23.1 Å². The fourth-order valence-electron chi connectivity index (χ4n) is 2.07. The fraction of sp³-hybridized carbons (Fsp3) is 0.267.